The summed E-state index contributed by atoms with van der Waals surface area (Å²) in [6.45, 7) is 1.50. The SMILES string of the molecule is COC(=O)/C(C)=C\N=[N+]=[N-]. The predicted molar refractivity (Wildman–Crippen MR) is 34.9 cm³/mol. The lowest BCUT2D eigenvalue weighted by Gasteiger charge is -1.93. The Morgan fingerprint density at radius 3 is 2.80 bits per heavy atom. The summed E-state index contributed by atoms with van der Waals surface area (Å²) in [4.78, 5) is 13.0. The molecule has 0 aromatic rings. The average Bonchev–Trinajstić information content (AvgIpc) is 1.98. The summed E-state index contributed by atoms with van der Waals surface area (Å²) in [5.41, 5.74) is 8.11. The minimum absolute atomic E-state index is 0.278. The minimum Gasteiger partial charge on any atom is -0.466 e. The molecule has 0 rings (SSSR count). The van der Waals surface area contributed by atoms with Gasteiger partial charge in [0.1, 0.15) is 0 Å². The number of methoxy groups -OCH3 is 1. The largest absolute Gasteiger partial charge is 0.466 e. The standard InChI is InChI=1S/C5H7N3O2/c1-4(3-7-8-6)5(9)10-2/h3H,1-2H3/b4-3-. The molecule has 0 aliphatic carbocycles. The van der Waals surface area contributed by atoms with Crippen molar-refractivity contribution in [2.45, 2.75) is 6.92 Å². The zero-order valence-electron chi connectivity index (χ0n) is 5.74. The van der Waals surface area contributed by atoms with Crippen LogP contribution in [0.15, 0.2) is 16.9 Å². The number of esters is 1. The smallest absolute Gasteiger partial charge is 0.333 e. The van der Waals surface area contributed by atoms with E-state index in [-0.39, 0.29) is 5.57 Å². The van der Waals surface area contributed by atoms with Crippen molar-refractivity contribution in [3.8, 4) is 0 Å². The predicted octanol–water partition coefficient (Wildman–Crippen LogP) is 1.37. The van der Waals surface area contributed by atoms with Crippen molar-refractivity contribution in [2.75, 3.05) is 7.11 Å². The quantitative estimate of drug-likeness (QED) is 0.191. The third-order valence-corrected chi connectivity index (χ3v) is 0.810. The van der Waals surface area contributed by atoms with Crippen LogP contribution >= 0.6 is 0 Å². The van der Waals surface area contributed by atoms with E-state index in [9.17, 15) is 4.79 Å². The summed E-state index contributed by atoms with van der Waals surface area (Å²) in [6, 6.07) is 0. The van der Waals surface area contributed by atoms with Crippen molar-refractivity contribution in [3.05, 3.63) is 22.2 Å². The van der Waals surface area contributed by atoms with Crippen LogP contribution in [0.25, 0.3) is 10.4 Å². The molecule has 0 saturated carbocycles. The molecular formula is C5H7N3O2. The van der Waals surface area contributed by atoms with Gasteiger partial charge in [0.2, 0.25) is 0 Å². The molecule has 0 heterocycles. The zero-order chi connectivity index (χ0) is 7.98. The lowest BCUT2D eigenvalue weighted by Crippen LogP contribution is -2.00. The molecule has 0 aliphatic heterocycles. The molecule has 0 aromatic carbocycles. The second-order valence-corrected chi connectivity index (χ2v) is 1.51. The number of nitrogens with zero attached hydrogens (tertiary/aromatic N) is 3. The van der Waals surface area contributed by atoms with Gasteiger partial charge < -0.3 is 4.74 Å². The Bertz CT molecular complexity index is 203. The third-order valence-electron chi connectivity index (χ3n) is 0.810. The maximum absolute atomic E-state index is 10.5. The normalized spacial score (nSPS) is 10.0. The van der Waals surface area contributed by atoms with Gasteiger partial charge in [-0.15, -0.1) is 0 Å². The topological polar surface area (TPSA) is 75.1 Å². The van der Waals surface area contributed by atoms with Gasteiger partial charge in [0.05, 0.1) is 7.11 Å². The Balaban J connectivity index is 4.18. The Labute approximate surface area is 57.9 Å². The van der Waals surface area contributed by atoms with Crippen LogP contribution in [0.4, 0.5) is 0 Å². The highest BCUT2D eigenvalue weighted by Gasteiger charge is 1.99. The first-order valence-corrected chi connectivity index (χ1v) is 2.51. The molecule has 0 atom stereocenters. The van der Waals surface area contributed by atoms with Gasteiger partial charge in [-0.25, -0.2) is 4.79 Å². The van der Waals surface area contributed by atoms with E-state index in [1.54, 1.807) is 0 Å². The number of hydrogen-bond acceptors (Lipinski definition) is 3. The average molecular weight is 141 g/mol. The highest BCUT2D eigenvalue weighted by Crippen LogP contribution is 1.94. The molecule has 0 radical (unpaired) electrons. The first-order valence-electron chi connectivity index (χ1n) is 2.51. The molecule has 0 spiro atoms. The highest BCUT2D eigenvalue weighted by atomic mass is 16.5. The van der Waals surface area contributed by atoms with E-state index in [4.69, 9.17) is 5.53 Å². The summed E-state index contributed by atoms with van der Waals surface area (Å²) in [6.07, 6.45) is 1.10. The molecule has 0 aromatic heterocycles. The Morgan fingerprint density at radius 2 is 2.40 bits per heavy atom. The van der Waals surface area contributed by atoms with Crippen LogP contribution in [0.3, 0.4) is 0 Å². The van der Waals surface area contributed by atoms with Gasteiger partial charge in [-0.05, 0) is 12.5 Å². The van der Waals surface area contributed by atoms with Gasteiger partial charge >= 0.3 is 5.97 Å². The summed E-state index contributed by atoms with van der Waals surface area (Å²) >= 11 is 0. The second kappa shape index (κ2) is 4.40. The number of carbonyl (C=O) groups is 1. The summed E-state index contributed by atoms with van der Waals surface area (Å²) in [5.74, 6) is -0.493. The van der Waals surface area contributed by atoms with E-state index in [0.717, 1.165) is 6.20 Å². The van der Waals surface area contributed by atoms with Gasteiger partial charge in [-0.3, -0.25) is 0 Å². The molecule has 0 unspecified atom stereocenters. The Kier molecular flexibility index (Phi) is 3.75. The first kappa shape index (κ1) is 8.52. The molecule has 0 aliphatic rings. The van der Waals surface area contributed by atoms with Crippen molar-refractivity contribution in [1.82, 2.24) is 0 Å². The van der Waals surface area contributed by atoms with Crippen molar-refractivity contribution in [3.63, 3.8) is 0 Å². The third kappa shape index (κ3) is 2.74. The summed E-state index contributed by atoms with van der Waals surface area (Å²) in [5, 5.41) is 3.06. The fourth-order valence-electron chi connectivity index (χ4n) is 0.326. The summed E-state index contributed by atoms with van der Waals surface area (Å²) < 4.78 is 4.32. The Morgan fingerprint density at radius 1 is 1.80 bits per heavy atom. The lowest BCUT2D eigenvalue weighted by atomic mass is 10.3. The van der Waals surface area contributed by atoms with Crippen LogP contribution in [-0.2, 0) is 9.53 Å². The molecule has 5 heteroatoms. The number of carbonyl (C=O) groups excluding carboxylic acids is 1. The van der Waals surface area contributed by atoms with Gasteiger partial charge in [-0.2, -0.15) is 0 Å². The van der Waals surface area contributed by atoms with Crippen LogP contribution in [0.5, 0.6) is 0 Å². The van der Waals surface area contributed by atoms with E-state index in [1.165, 1.54) is 14.0 Å². The van der Waals surface area contributed by atoms with Crippen molar-refractivity contribution < 1.29 is 9.53 Å². The minimum atomic E-state index is -0.493. The molecule has 54 valence electrons. The second-order valence-electron chi connectivity index (χ2n) is 1.51. The number of azide groups is 1. The van der Waals surface area contributed by atoms with E-state index < -0.39 is 5.97 Å². The van der Waals surface area contributed by atoms with Crippen molar-refractivity contribution in [2.24, 2.45) is 5.11 Å². The first-order chi connectivity index (χ1) is 4.72. The molecule has 0 amide bonds. The fraction of sp³-hybridized carbons (Fsp3) is 0.400. The molecule has 0 N–H and O–H groups in total. The van der Waals surface area contributed by atoms with Gasteiger partial charge in [0.15, 0.2) is 0 Å². The van der Waals surface area contributed by atoms with Crippen LogP contribution in [0.2, 0.25) is 0 Å². The van der Waals surface area contributed by atoms with Crippen LogP contribution in [0, 0.1) is 0 Å². The molecular weight excluding hydrogens is 134 g/mol. The molecule has 5 nitrogen and oxygen atoms in total. The van der Waals surface area contributed by atoms with Gasteiger partial charge in [0.25, 0.3) is 0 Å². The zero-order valence-corrected chi connectivity index (χ0v) is 5.74. The van der Waals surface area contributed by atoms with Crippen molar-refractivity contribution in [1.29, 1.82) is 0 Å². The Hall–Kier alpha value is -1.48. The fourth-order valence-corrected chi connectivity index (χ4v) is 0.326. The van der Waals surface area contributed by atoms with E-state index in [1.807, 2.05) is 0 Å². The van der Waals surface area contributed by atoms with Gasteiger partial charge in [0, 0.05) is 16.7 Å². The van der Waals surface area contributed by atoms with Crippen LogP contribution in [0.1, 0.15) is 6.92 Å². The van der Waals surface area contributed by atoms with Crippen LogP contribution < -0.4 is 0 Å². The molecule has 10 heavy (non-hydrogen) atoms. The number of hydrogen-bond donors (Lipinski definition) is 0. The van der Waals surface area contributed by atoms with Gasteiger partial charge in [-0.1, -0.05) is 5.11 Å². The highest BCUT2D eigenvalue weighted by molar-refractivity contribution is 5.87. The maximum atomic E-state index is 10.5. The maximum Gasteiger partial charge on any atom is 0.333 e. The number of rotatable bonds is 2. The van der Waals surface area contributed by atoms with E-state index in [2.05, 4.69) is 14.8 Å². The lowest BCUT2D eigenvalue weighted by molar-refractivity contribution is -0.136. The summed E-state index contributed by atoms with van der Waals surface area (Å²) in [7, 11) is 1.26. The van der Waals surface area contributed by atoms with E-state index >= 15 is 0 Å². The van der Waals surface area contributed by atoms with Crippen LogP contribution in [-0.4, -0.2) is 13.1 Å². The monoisotopic (exact) mass is 141 g/mol. The van der Waals surface area contributed by atoms with Crippen molar-refractivity contribution >= 4 is 5.97 Å². The molecule has 0 fully saturated rings. The van der Waals surface area contributed by atoms with E-state index in [0.29, 0.717) is 0 Å². The number of ether oxygens (including phenoxy) is 1. The molecule has 0 bridgehead atoms. The molecule has 0 saturated heterocycles.